The van der Waals surface area contributed by atoms with Gasteiger partial charge in [-0.05, 0) is 55.5 Å². The van der Waals surface area contributed by atoms with Crippen LogP contribution in [-0.2, 0) is 4.79 Å². The molecule has 2 aliphatic heterocycles. The number of nitrogens with one attached hydrogen (secondary N) is 1. The van der Waals surface area contributed by atoms with Crippen molar-refractivity contribution in [1.29, 1.82) is 0 Å². The summed E-state index contributed by atoms with van der Waals surface area (Å²) >= 11 is 0. The molecule has 0 bridgehead atoms. The van der Waals surface area contributed by atoms with Crippen molar-refractivity contribution in [3.05, 3.63) is 47.7 Å². The van der Waals surface area contributed by atoms with E-state index in [4.69, 9.17) is 0 Å². The summed E-state index contributed by atoms with van der Waals surface area (Å²) < 4.78 is 0. The number of amides is 3. The Morgan fingerprint density at radius 1 is 1.21 bits per heavy atom. The molecule has 1 aromatic carbocycles. The van der Waals surface area contributed by atoms with Crippen LogP contribution in [-0.4, -0.2) is 36.5 Å². The molecule has 0 radical (unpaired) electrons. The number of carbonyl (C=O) groups is 2. The highest BCUT2D eigenvalue weighted by atomic mass is 16.2. The monoisotopic (exact) mass is 325 g/mol. The normalized spacial score (nSPS) is 19.8. The van der Waals surface area contributed by atoms with Crippen molar-refractivity contribution in [3.8, 4) is 0 Å². The molecule has 0 atom stereocenters. The van der Waals surface area contributed by atoms with Crippen molar-refractivity contribution >= 4 is 23.7 Å². The van der Waals surface area contributed by atoms with E-state index in [1.807, 2.05) is 13.0 Å². The van der Waals surface area contributed by atoms with E-state index in [1.165, 1.54) is 24.9 Å². The summed E-state index contributed by atoms with van der Waals surface area (Å²) in [6, 6.07) is 5.87. The molecule has 5 nitrogen and oxygen atoms in total. The summed E-state index contributed by atoms with van der Waals surface area (Å²) in [4.78, 5) is 27.6. The lowest BCUT2D eigenvalue weighted by Crippen LogP contribution is -2.30. The van der Waals surface area contributed by atoms with Crippen LogP contribution in [0.3, 0.4) is 0 Å². The molecule has 0 saturated carbocycles. The molecule has 1 aromatic rings. The fraction of sp³-hybridized carbons (Fsp3) is 0.368. The molecule has 24 heavy (non-hydrogen) atoms. The van der Waals surface area contributed by atoms with Crippen LogP contribution in [0.1, 0.15) is 30.4 Å². The van der Waals surface area contributed by atoms with E-state index >= 15 is 0 Å². The predicted octanol–water partition coefficient (Wildman–Crippen LogP) is 3.06. The number of hydrogen-bond donors (Lipinski definition) is 1. The highest BCUT2D eigenvalue weighted by molar-refractivity contribution is 6.14. The van der Waals surface area contributed by atoms with Gasteiger partial charge in [-0.3, -0.25) is 9.69 Å². The van der Waals surface area contributed by atoms with E-state index in [1.54, 1.807) is 12.2 Å². The van der Waals surface area contributed by atoms with Gasteiger partial charge in [-0.1, -0.05) is 12.1 Å². The number of carbonyl (C=O) groups excluding carboxylic acids is 2. The molecule has 3 amide bonds. The number of hydrogen-bond acceptors (Lipinski definition) is 3. The van der Waals surface area contributed by atoms with Gasteiger partial charge in [-0.15, -0.1) is 6.58 Å². The third kappa shape index (κ3) is 3.20. The highest BCUT2D eigenvalue weighted by Gasteiger charge is 2.32. The summed E-state index contributed by atoms with van der Waals surface area (Å²) in [6.07, 6.45) is 7.08. The number of imide groups is 1. The Kier molecular flexibility index (Phi) is 4.69. The minimum atomic E-state index is -0.395. The van der Waals surface area contributed by atoms with Gasteiger partial charge < -0.3 is 10.2 Å². The molecule has 2 fully saturated rings. The number of aryl methyl sites for hydroxylation is 1. The molecular formula is C19H23N3O2. The smallest absolute Gasteiger partial charge is 0.329 e. The Morgan fingerprint density at radius 3 is 2.62 bits per heavy atom. The maximum atomic E-state index is 12.3. The molecule has 2 heterocycles. The summed E-state index contributed by atoms with van der Waals surface area (Å²) in [7, 11) is 0. The number of piperidine rings is 1. The summed E-state index contributed by atoms with van der Waals surface area (Å²) in [5.41, 5.74) is 3.58. The van der Waals surface area contributed by atoms with Gasteiger partial charge in [0.15, 0.2) is 0 Å². The van der Waals surface area contributed by atoms with E-state index in [9.17, 15) is 9.59 Å². The number of benzene rings is 1. The number of urea groups is 1. The first-order valence-electron chi connectivity index (χ1n) is 8.41. The fourth-order valence-corrected chi connectivity index (χ4v) is 3.19. The molecule has 0 spiro atoms. The average Bonchev–Trinajstić information content (AvgIpc) is 2.85. The van der Waals surface area contributed by atoms with Crippen molar-refractivity contribution in [2.45, 2.75) is 26.2 Å². The predicted molar refractivity (Wildman–Crippen MR) is 95.7 cm³/mol. The maximum absolute atomic E-state index is 12.3. The Hall–Kier alpha value is -2.56. The molecular weight excluding hydrogens is 302 g/mol. The Morgan fingerprint density at radius 2 is 1.96 bits per heavy atom. The second-order valence-electron chi connectivity index (χ2n) is 6.28. The number of anilines is 1. The van der Waals surface area contributed by atoms with Gasteiger partial charge >= 0.3 is 6.03 Å². The zero-order valence-corrected chi connectivity index (χ0v) is 14.0. The largest absolute Gasteiger partial charge is 0.372 e. The standard InChI is InChI=1S/C19H23N3O2/c1-3-9-22-18(23)17(20-19(22)24)13-15-7-8-16(12-14(15)2)21-10-5-4-6-11-21/h3,7-8,12-13H,1,4-6,9-11H2,2H3,(H,20,24)/b17-13+. The van der Waals surface area contributed by atoms with Gasteiger partial charge in [0.2, 0.25) is 0 Å². The Labute approximate surface area is 142 Å². The van der Waals surface area contributed by atoms with Gasteiger partial charge in [-0.2, -0.15) is 0 Å². The highest BCUT2D eigenvalue weighted by Crippen LogP contribution is 2.24. The van der Waals surface area contributed by atoms with Gasteiger partial charge in [0, 0.05) is 25.3 Å². The van der Waals surface area contributed by atoms with Crippen molar-refractivity contribution in [2.75, 3.05) is 24.5 Å². The number of nitrogens with zero attached hydrogens (tertiary/aromatic N) is 2. The zero-order valence-electron chi connectivity index (χ0n) is 14.0. The quantitative estimate of drug-likeness (QED) is 0.526. The molecule has 0 aromatic heterocycles. The van der Waals surface area contributed by atoms with Crippen molar-refractivity contribution in [1.82, 2.24) is 10.2 Å². The van der Waals surface area contributed by atoms with Crippen LogP contribution in [0, 0.1) is 6.92 Å². The summed E-state index contributed by atoms with van der Waals surface area (Å²) in [6.45, 7) is 8.02. The lowest BCUT2D eigenvalue weighted by atomic mass is 10.0. The van der Waals surface area contributed by atoms with Crippen LogP contribution in [0.4, 0.5) is 10.5 Å². The van der Waals surface area contributed by atoms with Crippen LogP contribution < -0.4 is 10.2 Å². The Balaban J connectivity index is 1.81. The first-order chi connectivity index (χ1) is 11.6. The molecule has 3 rings (SSSR count). The third-order valence-electron chi connectivity index (χ3n) is 4.55. The third-order valence-corrected chi connectivity index (χ3v) is 4.55. The minimum absolute atomic E-state index is 0.217. The van der Waals surface area contributed by atoms with Crippen LogP contribution >= 0.6 is 0 Å². The molecule has 2 aliphatic rings. The second kappa shape index (κ2) is 6.91. The van der Waals surface area contributed by atoms with Crippen LogP contribution in [0.2, 0.25) is 0 Å². The van der Waals surface area contributed by atoms with Crippen LogP contribution in [0.25, 0.3) is 6.08 Å². The van der Waals surface area contributed by atoms with Gasteiger partial charge in [0.05, 0.1) is 0 Å². The molecule has 5 heteroatoms. The van der Waals surface area contributed by atoms with E-state index in [2.05, 4.69) is 28.9 Å². The molecule has 0 unspecified atom stereocenters. The molecule has 1 N–H and O–H groups in total. The SMILES string of the molecule is C=CCN1C(=O)N/C(=C/c2ccc(N3CCCCC3)cc2C)C1=O. The number of rotatable bonds is 4. The Bertz CT molecular complexity index is 703. The maximum Gasteiger partial charge on any atom is 0.329 e. The topological polar surface area (TPSA) is 52.7 Å². The first-order valence-corrected chi connectivity index (χ1v) is 8.41. The lowest BCUT2D eigenvalue weighted by molar-refractivity contribution is -0.122. The second-order valence-corrected chi connectivity index (χ2v) is 6.28. The lowest BCUT2D eigenvalue weighted by Gasteiger charge is -2.29. The van der Waals surface area contributed by atoms with E-state index in [0.29, 0.717) is 5.70 Å². The van der Waals surface area contributed by atoms with Crippen molar-refractivity contribution in [3.63, 3.8) is 0 Å². The van der Waals surface area contributed by atoms with Crippen LogP contribution in [0.15, 0.2) is 36.6 Å². The fourth-order valence-electron chi connectivity index (χ4n) is 3.19. The summed E-state index contributed by atoms with van der Waals surface area (Å²) in [5.74, 6) is -0.306. The van der Waals surface area contributed by atoms with Gasteiger partial charge in [-0.25, -0.2) is 4.79 Å². The van der Waals surface area contributed by atoms with Gasteiger partial charge in [0.1, 0.15) is 5.70 Å². The van der Waals surface area contributed by atoms with Gasteiger partial charge in [0.25, 0.3) is 5.91 Å². The van der Waals surface area contributed by atoms with E-state index in [0.717, 1.165) is 29.1 Å². The van der Waals surface area contributed by atoms with Crippen LogP contribution in [0.5, 0.6) is 0 Å². The molecule has 2 saturated heterocycles. The van der Waals surface area contributed by atoms with Crippen molar-refractivity contribution < 1.29 is 9.59 Å². The van der Waals surface area contributed by atoms with E-state index < -0.39 is 6.03 Å². The minimum Gasteiger partial charge on any atom is -0.372 e. The molecule has 0 aliphatic carbocycles. The first kappa shape index (κ1) is 16.3. The van der Waals surface area contributed by atoms with Crippen molar-refractivity contribution in [2.24, 2.45) is 0 Å². The van der Waals surface area contributed by atoms with E-state index in [-0.39, 0.29) is 12.5 Å². The zero-order chi connectivity index (χ0) is 17.1. The molecule has 126 valence electrons. The summed E-state index contributed by atoms with van der Waals surface area (Å²) in [5, 5.41) is 2.63. The average molecular weight is 325 g/mol.